The zero-order chi connectivity index (χ0) is 24.7. The first kappa shape index (κ1) is 25.5. The van der Waals surface area contributed by atoms with Crippen LogP contribution >= 0.6 is 23.1 Å². The molecule has 0 unspecified atom stereocenters. The van der Waals surface area contributed by atoms with Gasteiger partial charge in [0, 0.05) is 17.0 Å². The number of amides is 1. The third kappa shape index (κ3) is 5.87. The van der Waals surface area contributed by atoms with Crippen molar-refractivity contribution in [3.05, 3.63) is 52.9 Å². The van der Waals surface area contributed by atoms with Crippen LogP contribution in [0.15, 0.2) is 42.1 Å². The number of aryl methyl sites for hydroxylation is 1. The van der Waals surface area contributed by atoms with Gasteiger partial charge in [-0.05, 0) is 57.5 Å². The van der Waals surface area contributed by atoms with Crippen molar-refractivity contribution in [2.45, 2.75) is 39.4 Å². The quantitative estimate of drug-likeness (QED) is 0.222. The van der Waals surface area contributed by atoms with Crippen molar-refractivity contribution in [2.24, 2.45) is 0 Å². The second kappa shape index (κ2) is 11.8. The Morgan fingerprint density at radius 1 is 1.18 bits per heavy atom. The number of hydrogen-bond acceptors (Lipinski definition) is 8. The van der Waals surface area contributed by atoms with E-state index in [9.17, 15) is 9.59 Å². The molecule has 0 aliphatic rings. The normalized spacial score (nSPS) is 10.7. The van der Waals surface area contributed by atoms with Crippen LogP contribution in [0.3, 0.4) is 0 Å². The first-order chi connectivity index (χ1) is 16.4. The first-order valence-electron chi connectivity index (χ1n) is 10.9. The number of carbonyl (C=O) groups excluding carboxylic acids is 2. The summed E-state index contributed by atoms with van der Waals surface area (Å²) >= 11 is 2.63. The van der Waals surface area contributed by atoms with E-state index in [1.54, 1.807) is 13.0 Å². The average molecular weight is 501 g/mol. The lowest BCUT2D eigenvalue weighted by molar-refractivity contribution is -0.113. The third-order valence-corrected chi connectivity index (χ3v) is 6.99. The monoisotopic (exact) mass is 500 g/mol. The molecule has 0 spiro atoms. The number of benzene rings is 1. The lowest BCUT2D eigenvalue weighted by atomic mass is 10.1. The molecule has 0 aliphatic carbocycles. The van der Waals surface area contributed by atoms with Crippen molar-refractivity contribution in [2.75, 3.05) is 24.3 Å². The molecule has 0 saturated heterocycles. The van der Waals surface area contributed by atoms with Crippen LogP contribution in [0.2, 0.25) is 0 Å². The van der Waals surface area contributed by atoms with Gasteiger partial charge in [-0.2, -0.15) is 0 Å². The fraction of sp³-hybridized carbons (Fsp3) is 0.333. The molecule has 0 bridgehead atoms. The maximum absolute atomic E-state index is 12.7. The zero-order valence-electron chi connectivity index (χ0n) is 19.7. The molecule has 1 amide bonds. The summed E-state index contributed by atoms with van der Waals surface area (Å²) < 4.78 is 12.6. The third-order valence-electron chi connectivity index (χ3n) is 4.90. The summed E-state index contributed by atoms with van der Waals surface area (Å²) in [4.78, 5) is 26.0. The molecule has 34 heavy (non-hydrogen) atoms. The van der Waals surface area contributed by atoms with Crippen molar-refractivity contribution in [1.29, 1.82) is 0 Å². The van der Waals surface area contributed by atoms with Crippen LogP contribution < -0.4 is 10.1 Å². The van der Waals surface area contributed by atoms with E-state index in [0.29, 0.717) is 34.7 Å². The van der Waals surface area contributed by atoms with E-state index >= 15 is 0 Å². The molecule has 1 N–H and O–H groups in total. The van der Waals surface area contributed by atoms with Crippen LogP contribution in [0.5, 0.6) is 5.75 Å². The van der Waals surface area contributed by atoms with Crippen LogP contribution in [0.1, 0.15) is 34.6 Å². The number of carbonyl (C=O) groups is 2. The average Bonchev–Trinajstić information content (AvgIpc) is 3.33. The Kier molecular flexibility index (Phi) is 8.89. The molecule has 2 heterocycles. The Labute approximate surface area is 207 Å². The number of thioether (sulfide) groups is 1. The Morgan fingerprint density at radius 2 is 1.91 bits per heavy atom. The predicted octanol–water partition coefficient (Wildman–Crippen LogP) is 5.12. The minimum absolute atomic E-state index is 0.108. The molecule has 180 valence electrons. The summed E-state index contributed by atoms with van der Waals surface area (Å²) in [5.41, 5.74) is 2.12. The van der Waals surface area contributed by atoms with Gasteiger partial charge >= 0.3 is 5.97 Å². The highest BCUT2D eigenvalue weighted by molar-refractivity contribution is 7.99. The minimum Gasteiger partial charge on any atom is -0.494 e. The van der Waals surface area contributed by atoms with Crippen LogP contribution in [0, 0.1) is 13.8 Å². The number of thiophene rings is 1. The summed E-state index contributed by atoms with van der Waals surface area (Å²) in [6.07, 6.45) is 1.76. The number of allylic oxidation sites excluding steroid dienone is 1. The number of nitrogens with one attached hydrogen (secondary N) is 1. The molecule has 2 aromatic heterocycles. The SMILES string of the molecule is C=CCn1c(SCC(=O)Nc2sc(C)c(C)c2C(=O)OCC)nnc1-c1ccc(OCC)cc1. The number of rotatable bonds is 11. The Bertz CT molecular complexity index is 1170. The Morgan fingerprint density at radius 3 is 2.56 bits per heavy atom. The van der Waals surface area contributed by atoms with E-state index in [-0.39, 0.29) is 18.3 Å². The van der Waals surface area contributed by atoms with Crippen LogP contribution in [-0.4, -0.2) is 45.6 Å². The largest absolute Gasteiger partial charge is 0.494 e. The van der Waals surface area contributed by atoms with Gasteiger partial charge in [0.1, 0.15) is 10.8 Å². The van der Waals surface area contributed by atoms with E-state index in [1.807, 2.05) is 49.6 Å². The number of nitrogens with zero attached hydrogens (tertiary/aromatic N) is 3. The van der Waals surface area contributed by atoms with Gasteiger partial charge in [-0.15, -0.1) is 28.1 Å². The van der Waals surface area contributed by atoms with Gasteiger partial charge in [0.2, 0.25) is 5.91 Å². The van der Waals surface area contributed by atoms with E-state index in [4.69, 9.17) is 9.47 Å². The lowest BCUT2D eigenvalue weighted by Gasteiger charge is -2.09. The molecule has 0 atom stereocenters. The molecular weight excluding hydrogens is 472 g/mol. The summed E-state index contributed by atoms with van der Waals surface area (Å²) in [5, 5.41) is 12.6. The molecule has 3 aromatic rings. The smallest absolute Gasteiger partial charge is 0.341 e. The van der Waals surface area contributed by atoms with E-state index < -0.39 is 5.97 Å². The number of ether oxygens (including phenoxy) is 2. The van der Waals surface area contributed by atoms with Gasteiger partial charge in [-0.25, -0.2) is 4.79 Å². The van der Waals surface area contributed by atoms with E-state index in [2.05, 4.69) is 22.1 Å². The molecule has 1 aromatic carbocycles. The zero-order valence-corrected chi connectivity index (χ0v) is 21.3. The molecule has 10 heteroatoms. The molecule has 3 rings (SSSR count). The van der Waals surface area contributed by atoms with E-state index in [1.165, 1.54) is 23.1 Å². The summed E-state index contributed by atoms with van der Waals surface area (Å²) in [7, 11) is 0. The molecule has 8 nitrogen and oxygen atoms in total. The molecular formula is C24H28N4O4S2. The lowest BCUT2D eigenvalue weighted by Crippen LogP contribution is -2.17. The van der Waals surface area contributed by atoms with Gasteiger partial charge in [-0.1, -0.05) is 17.8 Å². The summed E-state index contributed by atoms with van der Waals surface area (Å²) in [5.74, 6) is 0.899. The minimum atomic E-state index is -0.432. The molecule has 0 radical (unpaired) electrons. The number of aromatic nitrogens is 3. The van der Waals surface area contributed by atoms with Crippen LogP contribution in [0.4, 0.5) is 5.00 Å². The Balaban J connectivity index is 1.73. The van der Waals surface area contributed by atoms with E-state index in [0.717, 1.165) is 21.8 Å². The van der Waals surface area contributed by atoms with Gasteiger partial charge in [0.15, 0.2) is 11.0 Å². The van der Waals surface area contributed by atoms with Crippen molar-refractivity contribution in [3.8, 4) is 17.1 Å². The maximum atomic E-state index is 12.7. The molecule has 0 saturated carbocycles. The first-order valence-corrected chi connectivity index (χ1v) is 12.7. The van der Waals surface area contributed by atoms with Gasteiger partial charge in [0.25, 0.3) is 0 Å². The second-order valence-corrected chi connectivity index (χ2v) is 9.37. The number of esters is 1. The standard InChI is InChI=1S/C24H28N4O4S2/c1-6-13-28-21(17-9-11-18(12-10-17)31-7-2)26-27-24(28)33-14-19(29)25-22-20(23(30)32-8-3)15(4)16(5)34-22/h6,9-12H,1,7-8,13-14H2,2-5H3,(H,25,29). The van der Waals surface area contributed by atoms with Crippen molar-refractivity contribution < 1.29 is 19.1 Å². The number of anilines is 1. The van der Waals surface area contributed by atoms with Crippen LogP contribution in [-0.2, 0) is 16.1 Å². The van der Waals surface area contributed by atoms with Crippen molar-refractivity contribution in [1.82, 2.24) is 14.8 Å². The summed E-state index contributed by atoms with van der Waals surface area (Å²) in [6, 6.07) is 7.62. The van der Waals surface area contributed by atoms with Gasteiger partial charge < -0.3 is 14.8 Å². The highest BCUT2D eigenvalue weighted by atomic mass is 32.2. The predicted molar refractivity (Wildman–Crippen MR) is 136 cm³/mol. The highest BCUT2D eigenvalue weighted by Gasteiger charge is 2.22. The van der Waals surface area contributed by atoms with Gasteiger partial charge in [0.05, 0.1) is 24.5 Å². The van der Waals surface area contributed by atoms with Crippen molar-refractivity contribution in [3.63, 3.8) is 0 Å². The second-order valence-electron chi connectivity index (χ2n) is 7.21. The highest BCUT2D eigenvalue weighted by Crippen LogP contribution is 2.33. The van der Waals surface area contributed by atoms with Crippen molar-refractivity contribution >= 4 is 40.0 Å². The maximum Gasteiger partial charge on any atom is 0.341 e. The van der Waals surface area contributed by atoms with Gasteiger partial charge in [-0.3, -0.25) is 9.36 Å². The topological polar surface area (TPSA) is 95.3 Å². The number of hydrogen-bond donors (Lipinski definition) is 1. The fourth-order valence-electron chi connectivity index (χ4n) is 3.23. The van der Waals surface area contributed by atoms with Crippen LogP contribution in [0.25, 0.3) is 11.4 Å². The summed E-state index contributed by atoms with van der Waals surface area (Å²) in [6.45, 7) is 12.6. The fourth-order valence-corrected chi connectivity index (χ4v) is 5.04. The Hall–Kier alpha value is -3.11. The molecule has 0 fully saturated rings. The molecule has 0 aliphatic heterocycles.